The van der Waals surface area contributed by atoms with Gasteiger partial charge in [0.1, 0.15) is 0 Å². The van der Waals surface area contributed by atoms with Crippen molar-refractivity contribution in [1.29, 1.82) is 0 Å². The minimum atomic E-state index is 0.908. The Balaban J connectivity index is 1.98. The van der Waals surface area contributed by atoms with Crippen LogP contribution in [0.5, 0.6) is 0 Å². The Morgan fingerprint density at radius 3 is 2.35 bits per heavy atom. The number of hydrogen-bond donors (Lipinski definition) is 1. The maximum Gasteiger partial charge on any atom is 0.0496 e. The second-order valence-corrected chi connectivity index (χ2v) is 5.32. The van der Waals surface area contributed by atoms with Gasteiger partial charge in [-0.2, -0.15) is 0 Å². The van der Waals surface area contributed by atoms with Crippen LogP contribution in [0, 0.1) is 6.92 Å². The predicted octanol–water partition coefficient (Wildman–Crippen LogP) is 3.73. The zero-order chi connectivity index (χ0) is 12.3. The van der Waals surface area contributed by atoms with Gasteiger partial charge in [0, 0.05) is 36.9 Å². The Morgan fingerprint density at radius 2 is 1.82 bits per heavy atom. The summed E-state index contributed by atoms with van der Waals surface area (Å²) in [5.74, 6) is 0. The normalized spacial score (nSPS) is 10.3. The average Bonchev–Trinajstić information content (AvgIpc) is 2.73. The molecule has 0 aliphatic heterocycles. The van der Waals surface area contributed by atoms with Crippen LogP contribution in [0.2, 0.25) is 0 Å². The zero-order valence-corrected chi connectivity index (χ0v) is 11.3. The Labute approximate surface area is 107 Å². The van der Waals surface area contributed by atoms with E-state index in [4.69, 9.17) is 0 Å². The molecule has 1 aromatic heterocycles. The summed E-state index contributed by atoms with van der Waals surface area (Å²) in [6.45, 7) is 3.06. The lowest BCUT2D eigenvalue weighted by Crippen LogP contribution is -2.08. The van der Waals surface area contributed by atoms with E-state index < -0.39 is 0 Å². The largest absolute Gasteiger partial charge is 0.380 e. The fraction of sp³-hybridized carbons (Fsp3) is 0.286. The molecule has 0 amide bonds. The van der Waals surface area contributed by atoms with E-state index in [1.165, 1.54) is 21.8 Å². The van der Waals surface area contributed by atoms with Crippen molar-refractivity contribution in [3.8, 4) is 0 Å². The van der Waals surface area contributed by atoms with Gasteiger partial charge in [-0.1, -0.05) is 0 Å². The predicted molar refractivity (Wildman–Crippen MR) is 77.2 cm³/mol. The van der Waals surface area contributed by atoms with Crippen LogP contribution in [-0.2, 0) is 6.54 Å². The molecule has 17 heavy (non-hydrogen) atoms. The van der Waals surface area contributed by atoms with E-state index in [1.54, 1.807) is 11.3 Å². The number of nitrogens with zero attached hydrogens (tertiary/aromatic N) is 1. The minimum Gasteiger partial charge on any atom is -0.380 e. The van der Waals surface area contributed by atoms with Crippen molar-refractivity contribution in [1.82, 2.24) is 0 Å². The van der Waals surface area contributed by atoms with Crippen LogP contribution in [0.15, 0.2) is 35.7 Å². The van der Waals surface area contributed by atoms with Crippen LogP contribution in [0.4, 0.5) is 11.4 Å². The molecule has 90 valence electrons. The summed E-state index contributed by atoms with van der Waals surface area (Å²) < 4.78 is 0. The number of benzene rings is 1. The van der Waals surface area contributed by atoms with Crippen LogP contribution >= 0.6 is 11.3 Å². The van der Waals surface area contributed by atoms with Crippen molar-refractivity contribution >= 4 is 22.7 Å². The molecule has 1 N–H and O–H groups in total. The van der Waals surface area contributed by atoms with Gasteiger partial charge in [-0.3, -0.25) is 0 Å². The maximum absolute atomic E-state index is 3.45. The third-order valence-corrected chi connectivity index (χ3v) is 3.83. The molecule has 1 aromatic carbocycles. The molecule has 0 fully saturated rings. The topological polar surface area (TPSA) is 15.3 Å². The van der Waals surface area contributed by atoms with E-state index in [2.05, 4.69) is 66.9 Å². The lowest BCUT2D eigenvalue weighted by Gasteiger charge is -2.13. The van der Waals surface area contributed by atoms with E-state index in [0.717, 1.165) is 6.54 Å². The molecule has 3 heteroatoms. The summed E-state index contributed by atoms with van der Waals surface area (Å²) in [4.78, 5) is 3.51. The molecule has 0 aliphatic carbocycles. The van der Waals surface area contributed by atoms with Crippen LogP contribution in [0.25, 0.3) is 0 Å². The Hall–Kier alpha value is -1.48. The van der Waals surface area contributed by atoms with Crippen molar-refractivity contribution in [3.63, 3.8) is 0 Å². The highest BCUT2D eigenvalue weighted by atomic mass is 32.1. The molecule has 0 saturated heterocycles. The Morgan fingerprint density at radius 1 is 1.12 bits per heavy atom. The smallest absolute Gasteiger partial charge is 0.0496 e. The van der Waals surface area contributed by atoms with Gasteiger partial charge in [-0.15, -0.1) is 11.3 Å². The standard InChI is InChI=1S/C14H18N2S/c1-11-8-9-17-14(11)10-15-12-4-6-13(7-5-12)16(2)3/h4-9,15H,10H2,1-3H3. The summed E-state index contributed by atoms with van der Waals surface area (Å²) in [7, 11) is 4.11. The molecule has 0 spiro atoms. The lowest BCUT2D eigenvalue weighted by atomic mass is 10.2. The van der Waals surface area contributed by atoms with Crippen LogP contribution < -0.4 is 10.2 Å². The number of rotatable bonds is 4. The van der Waals surface area contributed by atoms with E-state index in [9.17, 15) is 0 Å². The first kappa shape index (κ1) is 12.0. The van der Waals surface area contributed by atoms with Gasteiger partial charge in [0.25, 0.3) is 0 Å². The van der Waals surface area contributed by atoms with Gasteiger partial charge in [-0.05, 0) is 48.2 Å². The quantitative estimate of drug-likeness (QED) is 0.884. The van der Waals surface area contributed by atoms with Crippen LogP contribution in [0.3, 0.4) is 0 Å². The van der Waals surface area contributed by atoms with Gasteiger partial charge < -0.3 is 10.2 Å². The minimum absolute atomic E-state index is 0.908. The van der Waals surface area contributed by atoms with Crippen molar-refractivity contribution in [3.05, 3.63) is 46.2 Å². The van der Waals surface area contributed by atoms with E-state index in [0.29, 0.717) is 0 Å². The number of thiophene rings is 1. The van der Waals surface area contributed by atoms with Crippen molar-refractivity contribution in [2.75, 3.05) is 24.3 Å². The van der Waals surface area contributed by atoms with Gasteiger partial charge >= 0.3 is 0 Å². The van der Waals surface area contributed by atoms with Crippen LogP contribution in [0.1, 0.15) is 10.4 Å². The van der Waals surface area contributed by atoms with Crippen molar-refractivity contribution in [2.45, 2.75) is 13.5 Å². The van der Waals surface area contributed by atoms with Gasteiger partial charge in [0.15, 0.2) is 0 Å². The molecule has 0 radical (unpaired) electrons. The number of anilines is 2. The first-order valence-corrected chi connectivity index (χ1v) is 6.59. The summed E-state index contributed by atoms with van der Waals surface area (Å²) in [6, 6.07) is 10.7. The summed E-state index contributed by atoms with van der Waals surface area (Å²) >= 11 is 1.81. The molecule has 0 bridgehead atoms. The molecular formula is C14H18N2S. The first-order chi connectivity index (χ1) is 8.16. The monoisotopic (exact) mass is 246 g/mol. The van der Waals surface area contributed by atoms with Crippen molar-refractivity contribution in [2.24, 2.45) is 0 Å². The fourth-order valence-corrected chi connectivity index (χ4v) is 2.49. The SMILES string of the molecule is Cc1ccsc1CNc1ccc(N(C)C)cc1. The molecule has 0 aliphatic rings. The molecular weight excluding hydrogens is 228 g/mol. The molecule has 2 nitrogen and oxygen atoms in total. The third kappa shape index (κ3) is 3.01. The number of aryl methyl sites for hydroxylation is 1. The zero-order valence-electron chi connectivity index (χ0n) is 10.5. The molecule has 0 atom stereocenters. The Bertz CT molecular complexity index is 471. The molecule has 2 aromatic rings. The van der Waals surface area contributed by atoms with E-state index >= 15 is 0 Å². The average molecular weight is 246 g/mol. The molecule has 2 rings (SSSR count). The summed E-state index contributed by atoms with van der Waals surface area (Å²) in [5.41, 5.74) is 3.76. The fourth-order valence-electron chi connectivity index (χ4n) is 1.64. The van der Waals surface area contributed by atoms with Gasteiger partial charge in [-0.25, -0.2) is 0 Å². The first-order valence-electron chi connectivity index (χ1n) is 5.71. The Kier molecular flexibility index (Phi) is 3.69. The highest BCUT2D eigenvalue weighted by molar-refractivity contribution is 7.10. The highest BCUT2D eigenvalue weighted by Crippen LogP contribution is 2.19. The molecule has 0 saturated carbocycles. The van der Waals surface area contributed by atoms with E-state index in [1.807, 2.05) is 0 Å². The van der Waals surface area contributed by atoms with Gasteiger partial charge in [0.05, 0.1) is 0 Å². The number of hydrogen-bond acceptors (Lipinski definition) is 3. The summed E-state index contributed by atoms with van der Waals surface area (Å²) in [6.07, 6.45) is 0. The second-order valence-electron chi connectivity index (χ2n) is 4.32. The lowest BCUT2D eigenvalue weighted by molar-refractivity contribution is 1.13. The molecule has 1 heterocycles. The molecule has 0 unspecified atom stereocenters. The van der Waals surface area contributed by atoms with Gasteiger partial charge in [0.2, 0.25) is 0 Å². The van der Waals surface area contributed by atoms with Crippen molar-refractivity contribution < 1.29 is 0 Å². The highest BCUT2D eigenvalue weighted by Gasteiger charge is 2.00. The third-order valence-electron chi connectivity index (χ3n) is 2.80. The second kappa shape index (κ2) is 5.23. The summed E-state index contributed by atoms with van der Waals surface area (Å²) in [5, 5.41) is 5.59. The van der Waals surface area contributed by atoms with Crippen LogP contribution in [-0.4, -0.2) is 14.1 Å². The van der Waals surface area contributed by atoms with E-state index in [-0.39, 0.29) is 0 Å². The number of nitrogens with one attached hydrogen (secondary N) is 1. The maximum atomic E-state index is 3.45.